The highest BCUT2D eigenvalue weighted by molar-refractivity contribution is 7.88. The van der Waals surface area contributed by atoms with Crippen LogP contribution in [0.1, 0.15) is 26.3 Å². The SMILES string of the molecule is CC(C)C(C)(CN)NS(=O)(=O)Cc1ccc(F)cc1. The molecule has 108 valence electrons. The molecule has 4 nitrogen and oxygen atoms in total. The van der Waals surface area contributed by atoms with Gasteiger partial charge in [0.1, 0.15) is 5.82 Å². The van der Waals surface area contributed by atoms with Crippen LogP contribution in [0.5, 0.6) is 0 Å². The van der Waals surface area contributed by atoms with Gasteiger partial charge in [-0.2, -0.15) is 0 Å². The molecular formula is C13H21FN2O2S. The highest BCUT2D eigenvalue weighted by atomic mass is 32.2. The lowest BCUT2D eigenvalue weighted by Crippen LogP contribution is -2.55. The van der Waals surface area contributed by atoms with Gasteiger partial charge in [-0.15, -0.1) is 0 Å². The molecule has 0 saturated carbocycles. The lowest BCUT2D eigenvalue weighted by atomic mass is 9.90. The van der Waals surface area contributed by atoms with Gasteiger partial charge in [-0.3, -0.25) is 0 Å². The summed E-state index contributed by atoms with van der Waals surface area (Å²) < 4.78 is 39.6. The van der Waals surface area contributed by atoms with Crippen LogP contribution in [0, 0.1) is 11.7 Å². The van der Waals surface area contributed by atoms with E-state index in [9.17, 15) is 12.8 Å². The molecule has 3 N–H and O–H groups in total. The van der Waals surface area contributed by atoms with E-state index in [0.29, 0.717) is 5.56 Å². The van der Waals surface area contributed by atoms with Crippen molar-refractivity contribution in [2.24, 2.45) is 11.7 Å². The highest BCUT2D eigenvalue weighted by Crippen LogP contribution is 2.17. The zero-order valence-electron chi connectivity index (χ0n) is 11.5. The van der Waals surface area contributed by atoms with E-state index in [1.165, 1.54) is 24.3 Å². The van der Waals surface area contributed by atoms with Crippen molar-refractivity contribution in [3.05, 3.63) is 35.6 Å². The van der Waals surface area contributed by atoms with Crippen molar-refractivity contribution in [2.75, 3.05) is 6.54 Å². The smallest absolute Gasteiger partial charge is 0.216 e. The van der Waals surface area contributed by atoms with Gasteiger partial charge in [0.2, 0.25) is 10.0 Å². The van der Waals surface area contributed by atoms with Crippen molar-refractivity contribution in [2.45, 2.75) is 32.1 Å². The van der Waals surface area contributed by atoms with Gasteiger partial charge >= 0.3 is 0 Å². The Hall–Kier alpha value is -0.980. The number of nitrogens with one attached hydrogen (secondary N) is 1. The average Bonchev–Trinajstić information content (AvgIpc) is 2.31. The maximum absolute atomic E-state index is 12.8. The van der Waals surface area contributed by atoms with Gasteiger partial charge in [0.15, 0.2) is 0 Å². The Kier molecular flexibility index (Phi) is 5.06. The molecule has 0 heterocycles. The minimum atomic E-state index is -3.51. The minimum absolute atomic E-state index is 0.0699. The number of sulfonamides is 1. The molecule has 1 unspecified atom stereocenters. The van der Waals surface area contributed by atoms with Crippen molar-refractivity contribution in [1.82, 2.24) is 4.72 Å². The lowest BCUT2D eigenvalue weighted by molar-refractivity contribution is 0.314. The van der Waals surface area contributed by atoms with Gasteiger partial charge in [-0.1, -0.05) is 26.0 Å². The largest absolute Gasteiger partial charge is 0.329 e. The van der Waals surface area contributed by atoms with Gasteiger partial charge in [-0.05, 0) is 30.5 Å². The van der Waals surface area contributed by atoms with Crippen molar-refractivity contribution in [1.29, 1.82) is 0 Å². The van der Waals surface area contributed by atoms with Crippen LogP contribution in [0.4, 0.5) is 4.39 Å². The third-order valence-corrected chi connectivity index (χ3v) is 4.85. The molecule has 0 aliphatic carbocycles. The fourth-order valence-electron chi connectivity index (χ4n) is 1.59. The first-order chi connectivity index (χ1) is 8.68. The summed E-state index contributed by atoms with van der Waals surface area (Å²) in [4.78, 5) is 0. The standard InChI is InChI=1S/C13H21FN2O2S/c1-10(2)13(3,9-15)16-19(17,18)8-11-4-6-12(14)7-5-11/h4-7,10,16H,8-9,15H2,1-3H3. The van der Waals surface area contributed by atoms with Crippen LogP contribution in [0.3, 0.4) is 0 Å². The molecule has 0 spiro atoms. The van der Waals surface area contributed by atoms with E-state index in [2.05, 4.69) is 4.72 Å². The molecule has 0 aliphatic rings. The fourth-order valence-corrected chi connectivity index (χ4v) is 3.32. The molecule has 0 aliphatic heterocycles. The fraction of sp³-hybridized carbons (Fsp3) is 0.538. The van der Waals surface area contributed by atoms with Crippen LogP contribution in [0.2, 0.25) is 0 Å². The maximum atomic E-state index is 12.8. The van der Waals surface area contributed by atoms with Gasteiger partial charge in [0.05, 0.1) is 5.75 Å². The van der Waals surface area contributed by atoms with Gasteiger partial charge in [0, 0.05) is 12.1 Å². The van der Waals surface area contributed by atoms with E-state index in [1.54, 1.807) is 6.92 Å². The van der Waals surface area contributed by atoms with E-state index in [-0.39, 0.29) is 24.0 Å². The normalized spacial score (nSPS) is 15.5. The predicted octanol–water partition coefficient (Wildman–Crippen LogP) is 1.62. The zero-order chi connectivity index (χ0) is 14.7. The Morgan fingerprint density at radius 3 is 2.26 bits per heavy atom. The lowest BCUT2D eigenvalue weighted by Gasteiger charge is -2.33. The molecule has 0 saturated heterocycles. The minimum Gasteiger partial charge on any atom is -0.329 e. The first-order valence-electron chi connectivity index (χ1n) is 6.15. The molecule has 0 bridgehead atoms. The number of halogens is 1. The van der Waals surface area contributed by atoms with E-state index < -0.39 is 15.6 Å². The van der Waals surface area contributed by atoms with Crippen molar-refractivity contribution in [3.8, 4) is 0 Å². The number of rotatable bonds is 6. The zero-order valence-corrected chi connectivity index (χ0v) is 12.3. The van der Waals surface area contributed by atoms with Crippen molar-refractivity contribution >= 4 is 10.0 Å². The summed E-state index contributed by atoms with van der Waals surface area (Å²) in [6.45, 7) is 5.81. The second-order valence-electron chi connectivity index (χ2n) is 5.26. The van der Waals surface area contributed by atoms with Crippen molar-refractivity contribution in [3.63, 3.8) is 0 Å². The summed E-state index contributed by atoms with van der Waals surface area (Å²) in [6.07, 6.45) is 0. The van der Waals surface area contributed by atoms with Crippen LogP contribution < -0.4 is 10.5 Å². The summed E-state index contributed by atoms with van der Waals surface area (Å²) in [5.41, 5.74) is 5.51. The average molecular weight is 288 g/mol. The van der Waals surface area contributed by atoms with Crippen LogP contribution in [0.25, 0.3) is 0 Å². The van der Waals surface area contributed by atoms with Gasteiger partial charge < -0.3 is 5.73 Å². The summed E-state index contributed by atoms with van der Waals surface area (Å²) in [5, 5.41) is 0. The molecule has 0 aromatic heterocycles. The topological polar surface area (TPSA) is 72.2 Å². The van der Waals surface area contributed by atoms with Crippen molar-refractivity contribution < 1.29 is 12.8 Å². The Morgan fingerprint density at radius 2 is 1.84 bits per heavy atom. The highest BCUT2D eigenvalue weighted by Gasteiger charge is 2.31. The number of benzene rings is 1. The first kappa shape index (κ1) is 16.1. The van der Waals surface area contributed by atoms with E-state index >= 15 is 0 Å². The molecule has 0 amide bonds. The summed E-state index contributed by atoms with van der Waals surface area (Å²) in [5.74, 6) is -0.501. The molecule has 1 aromatic rings. The molecule has 1 atom stereocenters. The Bertz CT molecular complexity index is 514. The van der Waals surface area contributed by atoms with E-state index in [0.717, 1.165) is 0 Å². The molecule has 6 heteroatoms. The van der Waals surface area contributed by atoms with E-state index in [1.807, 2.05) is 13.8 Å². The second kappa shape index (κ2) is 5.98. The van der Waals surface area contributed by atoms with Crippen LogP contribution in [-0.2, 0) is 15.8 Å². The Labute approximate surface area is 114 Å². The van der Waals surface area contributed by atoms with Gasteiger partial charge in [0.25, 0.3) is 0 Å². The third kappa shape index (κ3) is 4.56. The van der Waals surface area contributed by atoms with E-state index in [4.69, 9.17) is 5.73 Å². The van der Waals surface area contributed by atoms with Gasteiger partial charge in [-0.25, -0.2) is 17.5 Å². The summed E-state index contributed by atoms with van der Waals surface area (Å²) in [7, 11) is -3.51. The predicted molar refractivity (Wildman–Crippen MR) is 74.5 cm³/mol. The van der Waals surface area contributed by atoms with Crippen LogP contribution >= 0.6 is 0 Å². The molecular weight excluding hydrogens is 267 g/mol. The Morgan fingerprint density at radius 1 is 1.32 bits per heavy atom. The van der Waals surface area contributed by atoms with Crippen LogP contribution in [0.15, 0.2) is 24.3 Å². The Balaban J connectivity index is 2.85. The molecule has 0 fully saturated rings. The number of hydrogen-bond donors (Lipinski definition) is 2. The maximum Gasteiger partial charge on any atom is 0.216 e. The molecule has 1 rings (SSSR count). The molecule has 1 aromatic carbocycles. The first-order valence-corrected chi connectivity index (χ1v) is 7.80. The quantitative estimate of drug-likeness (QED) is 0.835. The second-order valence-corrected chi connectivity index (χ2v) is 6.99. The summed E-state index contributed by atoms with van der Waals surface area (Å²) >= 11 is 0. The number of nitrogens with two attached hydrogens (primary N) is 1. The molecule has 19 heavy (non-hydrogen) atoms. The third-order valence-electron chi connectivity index (χ3n) is 3.36. The van der Waals surface area contributed by atoms with Crippen LogP contribution in [-0.4, -0.2) is 20.5 Å². The monoisotopic (exact) mass is 288 g/mol. The number of hydrogen-bond acceptors (Lipinski definition) is 3. The molecule has 0 radical (unpaired) electrons. The summed E-state index contributed by atoms with van der Waals surface area (Å²) in [6, 6.07) is 5.41.